The van der Waals surface area contributed by atoms with Gasteiger partial charge >= 0.3 is 0 Å². The SMILES string of the molecule is O=C(CN1CCCCC1)NC1COc2ccccc21. The molecule has 1 atom stereocenters. The first kappa shape index (κ1) is 12.5. The van der Waals surface area contributed by atoms with E-state index in [-0.39, 0.29) is 11.9 Å². The minimum absolute atomic E-state index is 0.00786. The van der Waals surface area contributed by atoms with E-state index in [2.05, 4.69) is 10.2 Å². The Morgan fingerprint density at radius 3 is 2.89 bits per heavy atom. The Bertz CT molecular complexity index is 455. The Kier molecular flexibility index (Phi) is 3.69. The lowest BCUT2D eigenvalue weighted by molar-refractivity contribution is -0.123. The Labute approximate surface area is 113 Å². The maximum Gasteiger partial charge on any atom is 0.234 e. The Balaban J connectivity index is 1.55. The third-order valence-corrected chi connectivity index (χ3v) is 3.85. The van der Waals surface area contributed by atoms with Gasteiger partial charge in [-0.3, -0.25) is 9.69 Å². The van der Waals surface area contributed by atoms with Gasteiger partial charge in [-0.15, -0.1) is 0 Å². The van der Waals surface area contributed by atoms with Crippen molar-refractivity contribution in [3.63, 3.8) is 0 Å². The molecular formula is C15H20N2O2. The van der Waals surface area contributed by atoms with E-state index in [1.807, 2.05) is 24.3 Å². The van der Waals surface area contributed by atoms with Crippen molar-refractivity contribution in [2.75, 3.05) is 26.2 Å². The van der Waals surface area contributed by atoms with E-state index >= 15 is 0 Å². The number of likely N-dealkylation sites (tertiary alicyclic amines) is 1. The molecule has 2 aliphatic rings. The molecule has 2 aliphatic heterocycles. The number of amides is 1. The molecule has 0 saturated carbocycles. The van der Waals surface area contributed by atoms with Crippen LogP contribution in [0, 0.1) is 0 Å². The van der Waals surface area contributed by atoms with Gasteiger partial charge in [0.2, 0.25) is 5.91 Å². The lowest BCUT2D eigenvalue weighted by Crippen LogP contribution is -2.41. The average Bonchev–Trinajstić information content (AvgIpc) is 2.83. The minimum Gasteiger partial charge on any atom is -0.491 e. The number of carbonyl (C=O) groups excluding carboxylic acids is 1. The number of hydrogen-bond acceptors (Lipinski definition) is 3. The van der Waals surface area contributed by atoms with Gasteiger partial charge in [0, 0.05) is 5.56 Å². The summed E-state index contributed by atoms with van der Waals surface area (Å²) in [5.41, 5.74) is 1.09. The van der Waals surface area contributed by atoms with Crippen LogP contribution in [0.1, 0.15) is 30.9 Å². The smallest absolute Gasteiger partial charge is 0.234 e. The minimum atomic E-state index is 0.00786. The van der Waals surface area contributed by atoms with E-state index in [4.69, 9.17) is 4.74 Å². The standard InChI is InChI=1S/C15H20N2O2/c18-15(10-17-8-4-1-5-9-17)16-13-11-19-14-7-3-2-6-12(13)14/h2-3,6-7,13H,1,4-5,8-11H2,(H,16,18). The second-order valence-electron chi connectivity index (χ2n) is 5.31. The molecule has 4 heteroatoms. The zero-order valence-corrected chi connectivity index (χ0v) is 11.1. The maximum absolute atomic E-state index is 12.1. The predicted molar refractivity (Wildman–Crippen MR) is 73.1 cm³/mol. The van der Waals surface area contributed by atoms with Gasteiger partial charge in [0.05, 0.1) is 12.6 Å². The molecule has 4 nitrogen and oxygen atoms in total. The van der Waals surface area contributed by atoms with Crippen LogP contribution >= 0.6 is 0 Å². The van der Waals surface area contributed by atoms with Crippen LogP contribution in [0.2, 0.25) is 0 Å². The highest BCUT2D eigenvalue weighted by Crippen LogP contribution is 2.31. The second kappa shape index (κ2) is 5.61. The molecule has 1 aromatic rings. The summed E-state index contributed by atoms with van der Waals surface area (Å²) in [7, 11) is 0. The van der Waals surface area contributed by atoms with Gasteiger partial charge in [0.25, 0.3) is 0 Å². The summed E-state index contributed by atoms with van der Waals surface area (Å²) in [5.74, 6) is 0.998. The third-order valence-electron chi connectivity index (χ3n) is 3.85. The van der Waals surface area contributed by atoms with Crippen LogP contribution in [0.25, 0.3) is 0 Å². The van der Waals surface area contributed by atoms with Crippen molar-refractivity contribution in [2.24, 2.45) is 0 Å². The topological polar surface area (TPSA) is 41.6 Å². The number of ether oxygens (including phenoxy) is 1. The van der Waals surface area contributed by atoms with E-state index in [9.17, 15) is 4.79 Å². The largest absolute Gasteiger partial charge is 0.491 e. The molecule has 0 aliphatic carbocycles. The molecule has 1 aromatic carbocycles. The van der Waals surface area contributed by atoms with Crippen LogP contribution < -0.4 is 10.1 Å². The Morgan fingerprint density at radius 1 is 1.26 bits per heavy atom. The highest BCUT2D eigenvalue weighted by Gasteiger charge is 2.25. The van der Waals surface area contributed by atoms with Gasteiger partial charge in [-0.1, -0.05) is 24.6 Å². The molecule has 1 saturated heterocycles. The molecule has 0 bridgehead atoms. The molecule has 2 heterocycles. The van der Waals surface area contributed by atoms with Crippen molar-refractivity contribution in [1.82, 2.24) is 10.2 Å². The highest BCUT2D eigenvalue weighted by molar-refractivity contribution is 5.78. The fourth-order valence-electron chi connectivity index (χ4n) is 2.84. The van der Waals surface area contributed by atoms with Gasteiger partial charge in [0.15, 0.2) is 0 Å². The molecule has 3 rings (SSSR count). The second-order valence-corrected chi connectivity index (χ2v) is 5.31. The summed E-state index contributed by atoms with van der Waals surface area (Å²) >= 11 is 0. The molecule has 0 aromatic heterocycles. The van der Waals surface area contributed by atoms with E-state index < -0.39 is 0 Å². The van der Waals surface area contributed by atoms with Gasteiger partial charge in [0.1, 0.15) is 12.4 Å². The van der Waals surface area contributed by atoms with E-state index in [1.165, 1.54) is 19.3 Å². The predicted octanol–water partition coefficient (Wildman–Crippen LogP) is 1.72. The first-order chi connectivity index (χ1) is 9.33. The molecule has 19 heavy (non-hydrogen) atoms. The Hall–Kier alpha value is -1.55. The fraction of sp³-hybridized carbons (Fsp3) is 0.533. The van der Waals surface area contributed by atoms with E-state index in [0.717, 1.165) is 24.4 Å². The summed E-state index contributed by atoms with van der Waals surface area (Å²) in [4.78, 5) is 14.3. The fourth-order valence-corrected chi connectivity index (χ4v) is 2.84. The van der Waals surface area contributed by atoms with Crippen molar-refractivity contribution in [2.45, 2.75) is 25.3 Å². The first-order valence-corrected chi connectivity index (χ1v) is 7.06. The molecule has 0 radical (unpaired) electrons. The number of nitrogens with zero attached hydrogens (tertiary/aromatic N) is 1. The molecule has 1 N–H and O–H groups in total. The third kappa shape index (κ3) is 2.89. The summed E-state index contributed by atoms with van der Waals surface area (Å²) in [6.07, 6.45) is 3.72. The quantitative estimate of drug-likeness (QED) is 0.899. The number of rotatable bonds is 3. The van der Waals surface area contributed by atoms with Crippen molar-refractivity contribution < 1.29 is 9.53 Å². The van der Waals surface area contributed by atoms with Crippen molar-refractivity contribution in [1.29, 1.82) is 0 Å². The van der Waals surface area contributed by atoms with Crippen LogP contribution in [-0.4, -0.2) is 37.0 Å². The van der Waals surface area contributed by atoms with Crippen LogP contribution in [0.4, 0.5) is 0 Å². The monoisotopic (exact) mass is 260 g/mol. The highest BCUT2D eigenvalue weighted by atomic mass is 16.5. The molecular weight excluding hydrogens is 240 g/mol. The van der Waals surface area contributed by atoms with Crippen LogP contribution in [0.3, 0.4) is 0 Å². The Morgan fingerprint density at radius 2 is 2.05 bits per heavy atom. The van der Waals surface area contributed by atoms with Gasteiger partial charge in [-0.2, -0.15) is 0 Å². The summed E-state index contributed by atoms with van der Waals surface area (Å²) in [5, 5.41) is 3.08. The number of para-hydroxylation sites is 1. The summed E-state index contributed by atoms with van der Waals surface area (Å²) in [6.45, 7) is 3.15. The van der Waals surface area contributed by atoms with E-state index in [1.54, 1.807) is 0 Å². The molecule has 102 valence electrons. The normalized spacial score (nSPS) is 22.6. The van der Waals surface area contributed by atoms with Crippen LogP contribution in [0.5, 0.6) is 5.75 Å². The van der Waals surface area contributed by atoms with Crippen LogP contribution in [-0.2, 0) is 4.79 Å². The molecule has 1 unspecified atom stereocenters. The zero-order chi connectivity index (χ0) is 13.1. The summed E-state index contributed by atoms with van der Waals surface area (Å²) < 4.78 is 5.57. The lowest BCUT2D eigenvalue weighted by Gasteiger charge is -2.26. The number of hydrogen-bond donors (Lipinski definition) is 1. The van der Waals surface area contributed by atoms with E-state index in [0.29, 0.717) is 13.2 Å². The van der Waals surface area contributed by atoms with Crippen molar-refractivity contribution in [3.8, 4) is 5.75 Å². The van der Waals surface area contributed by atoms with Gasteiger partial charge in [-0.05, 0) is 32.0 Å². The average molecular weight is 260 g/mol. The van der Waals surface area contributed by atoms with Crippen molar-refractivity contribution in [3.05, 3.63) is 29.8 Å². The number of fused-ring (bicyclic) bond motifs is 1. The number of nitrogens with one attached hydrogen (secondary N) is 1. The molecule has 1 fully saturated rings. The molecule has 0 spiro atoms. The van der Waals surface area contributed by atoms with Crippen molar-refractivity contribution >= 4 is 5.91 Å². The molecule has 1 amide bonds. The maximum atomic E-state index is 12.1. The number of benzene rings is 1. The lowest BCUT2D eigenvalue weighted by atomic mass is 10.1. The van der Waals surface area contributed by atoms with Gasteiger partial charge in [-0.25, -0.2) is 0 Å². The zero-order valence-electron chi connectivity index (χ0n) is 11.1. The van der Waals surface area contributed by atoms with Gasteiger partial charge < -0.3 is 10.1 Å². The van der Waals surface area contributed by atoms with Crippen LogP contribution in [0.15, 0.2) is 24.3 Å². The first-order valence-electron chi connectivity index (χ1n) is 7.06. The summed E-state index contributed by atoms with van der Waals surface area (Å²) in [6, 6.07) is 7.92. The number of piperidine rings is 1. The number of carbonyl (C=O) groups is 1.